The number of amides is 1. The molecule has 0 aliphatic rings. The third-order valence-electron chi connectivity index (χ3n) is 3.22. The lowest BCUT2D eigenvalue weighted by Gasteiger charge is -2.31. The summed E-state index contributed by atoms with van der Waals surface area (Å²) in [6.45, 7) is 6.57. The summed E-state index contributed by atoms with van der Waals surface area (Å²) in [6.07, 6.45) is 0. The maximum atomic E-state index is 11.9. The quantitative estimate of drug-likeness (QED) is 0.388. The lowest BCUT2D eigenvalue weighted by molar-refractivity contribution is -0.898. The Labute approximate surface area is 126 Å². The number of nitrogens with zero attached hydrogens (tertiary/aromatic N) is 1. The van der Waals surface area contributed by atoms with E-state index in [1.165, 1.54) is 0 Å². The van der Waals surface area contributed by atoms with E-state index in [-0.39, 0.29) is 29.9 Å². The van der Waals surface area contributed by atoms with E-state index in [9.17, 15) is 4.79 Å². The first-order valence-corrected chi connectivity index (χ1v) is 5.98. The van der Waals surface area contributed by atoms with Gasteiger partial charge in [-0.05, 0) is 32.0 Å². The van der Waals surface area contributed by atoms with Crippen LogP contribution in [0.5, 0.6) is 0 Å². The summed E-state index contributed by atoms with van der Waals surface area (Å²) in [4.78, 5) is 11.9. The van der Waals surface area contributed by atoms with Gasteiger partial charge in [0.15, 0.2) is 6.54 Å². The van der Waals surface area contributed by atoms with E-state index in [2.05, 4.69) is 26.2 Å². The zero-order valence-corrected chi connectivity index (χ0v) is 13.4. The molecule has 0 saturated carbocycles. The van der Waals surface area contributed by atoms with Gasteiger partial charge in [-0.15, -0.1) is 0 Å². The second-order valence-electron chi connectivity index (χ2n) is 4.58. The van der Waals surface area contributed by atoms with Gasteiger partial charge in [0.25, 0.3) is 5.91 Å². The van der Waals surface area contributed by atoms with Crippen molar-refractivity contribution in [2.24, 2.45) is 0 Å². The van der Waals surface area contributed by atoms with E-state index < -0.39 is 0 Å². The minimum absolute atomic E-state index is 0. The number of nitrogens with one attached hydrogen (secondary N) is 1. The monoisotopic (exact) mass is 363 g/mol. The molecule has 0 aliphatic heterocycles. The van der Waals surface area contributed by atoms with Crippen LogP contribution in [-0.2, 0) is 4.79 Å². The molecule has 18 heavy (non-hydrogen) atoms. The fraction of sp³-hybridized carbons (Fsp3) is 0.462. The molecule has 1 amide bonds. The normalized spacial score (nSPS) is 10.6. The minimum Gasteiger partial charge on any atom is -1.00 e. The van der Waals surface area contributed by atoms with Gasteiger partial charge >= 0.3 is 0 Å². The molecule has 5 heteroatoms. The molecule has 1 aromatic rings. The molecule has 102 valence electrons. The molecule has 0 unspecified atom stereocenters. The van der Waals surface area contributed by atoms with E-state index >= 15 is 0 Å². The Kier molecular flexibility index (Phi) is 7.23. The van der Waals surface area contributed by atoms with Crippen LogP contribution in [0.25, 0.3) is 0 Å². The van der Waals surface area contributed by atoms with E-state index in [1.54, 1.807) is 12.1 Å². The van der Waals surface area contributed by atoms with Crippen LogP contribution in [0.3, 0.4) is 0 Å². The molecule has 0 atom stereocenters. The van der Waals surface area contributed by atoms with Gasteiger partial charge in [0, 0.05) is 11.4 Å². The maximum absolute atomic E-state index is 11.9. The van der Waals surface area contributed by atoms with Crippen molar-refractivity contribution >= 4 is 17.3 Å². The zero-order chi connectivity index (χ0) is 12.9. The first-order chi connectivity index (χ1) is 7.99. The number of halogens is 1. The number of likely N-dealkylation sites (N-methyl/N-ethyl adjacent to an activating group) is 1. The molecule has 0 spiro atoms. The van der Waals surface area contributed by atoms with E-state index in [0.717, 1.165) is 23.3 Å². The summed E-state index contributed by atoms with van der Waals surface area (Å²) in [5.41, 5.74) is 7.08. The van der Waals surface area contributed by atoms with Crippen molar-refractivity contribution in [3.63, 3.8) is 0 Å². The molecule has 1 aromatic carbocycles. The number of hydrogen-bond acceptors (Lipinski definition) is 2. The molecule has 0 aliphatic carbocycles. The molecule has 0 bridgehead atoms. The average molecular weight is 363 g/mol. The average Bonchev–Trinajstić information content (AvgIpc) is 2.28. The van der Waals surface area contributed by atoms with Crippen LogP contribution < -0.4 is 35.0 Å². The fourth-order valence-electron chi connectivity index (χ4n) is 1.61. The second kappa shape index (κ2) is 7.58. The first-order valence-electron chi connectivity index (χ1n) is 5.98. The van der Waals surface area contributed by atoms with Crippen molar-refractivity contribution in [3.8, 4) is 0 Å². The molecule has 3 N–H and O–H groups in total. The minimum atomic E-state index is 0. The number of nitrogen functional groups attached to an aromatic ring is 1. The van der Waals surface area contributed by atoms with Gasteiger partial charge in [-0.3, -0.25) is 4.79 Å². The summed E-state index contributed by atoms with van der Waals surface area (Å²) in [5.74, 6) is 0.0294. The molecule has 0 saturated heterocycles. The van der Waals surface area contributed by atoms with Gasteiger partial charge in [0.05, 0.1) is 20.1 Å². The molecular formula is C13H22IN3O. The Morgan fingerprint density at radius 2 is 1.94 bits per heavy atom. The van der Waals surface area contributed by atoms with Crippen LogP contribution >= 0.6 is 0 Å². The van der Waals surface area contributed by atoms with Crippen LogP contribution in [0.1, 0.15) is 13.8 Å². The molecule has 0 fully saturated rings. The summed E-state index contributed by atoms with van der Waals surface area (Å²) >= 11 is 0. The van der Waals surface area contributed by atoms with Gasteiger partial charge in [0.2, 0.25) is 0 Å². The summed E-state index contributed by atoms with van der Waals surface area (Å²) in [6, 6.07) is 7.24. The Morgan fingerprint density at radius 1 is 1.33 bits per heavy atom. The highest BCUT2D eigenvalue weighted by atomic mass is 127. The first kappa shape index (κ1) is 17.2. The molecule has 4 nitrogen and oxygen atoms in total. The molecule has 1 rings (SSSR count). The summed E-state index contributed by atoms with van der Waals surface area (Å²) in [5, 5.41) is 2.87. The lowest BCUT2D eigenvalue weighted by Crippen LogP contribution is -3.00. The highest BCUT2D eigenvalue weighted by Crippen LogP contribution is 2.12. The Bertz CT molecular complexity index is 392. The second-order valence-corrected chi connectivity index (χ2v) is 4.58. The number of anilines is 2. The third kappa shape index (κ3) is 5.22. The number of benzene rings is 1. The molecule has 0 heterocycles. The maximum Gasteiger partial charge on any atom is 0.279 e. The number of nitrogens with two attached hydrogens (primary N) is 1. The Morgan fingerprint density at radius 3 is 2.44 bits per heavy atom. The van der Waals surface area contributed by atoms with Crippen LogP contribution in [-0.4, -0.2) is 37.1 Å². The summed E-state index contributed by atoms with van der Waals surface area (Å²) in [7, 11) is 2.08. The van der Waals surface area contributed by atoms with Gasteiger partial charge in [-0.25, -0.2) is 0 Å². The topological polar surface area (TPSA) is 55.1 Å². The van der Waals surface area contributed by atoms with Gasteiger partial charge in [0.1, 0.15) is 0 Å². The van der Waals surface area contributed by atoms with Gasteiger partial charge in [-0.2, -0.15) is 0 Å². The van der Waals surface area contributed by atoms with E-state index in [1.807, 2.05) is 12.1 Å². The fourth-order valence-corrected chi connectivity index (χ4v) is 1.61. The number of carbonyl (C=O) groups excluding carboxylic acids is 1. The van der Waals surface area contributed by atoms with Crippen LogP contribution in [0.2, 0.25) is 0 Å². The zero-order valence-electron chi connectivity index (χ0n) is 11.2. The van der Waals surface area contributed by atoms with Crippen molar-refractivity contribution in [3.05, 3.63) is 24.3 Å². The Hall–Kier alpha value is -0.820. The van der Waals surface area contributed by atoms with Crippen molar-refractivity contribution in [1.29, 1.82) is 0 Å². The number of rotatable bonds is 5. The lowest BCUT2D eigenvalue weighted by atomic mass is 10.3. The Balaban J connectivity index is 0.00000289. The number of quaternary nitrogens is 1. The van der Waals surface area contributed by atoms with E-state index in [4.69, 9.17) is 5.73 Å². The highest BCUT2D eigenvalue weighted by Gasteiger charge is 2.21. The molecule has 0 radical (unpaired) electrons. The third-order valence-corrected chi connectivity index (χ3v) is 3.22. The number of carbonyl (C=O) groups is 1. The molecule has 0 aromatic heterocycles. The largest absolute Gasteiger partial charge is 1.00 e. The summed E-state index contributed by atoms with van der Waals surface area (Å²) < 4.78 is 0.744. The SMILES string of the molecule is CC[N+](C)(CC)CC(=O)Nc1cccc(N)c1.[I-]. The number of hydrogen-bond donors (Lipinski definition) is 2. The molecular weight excluding hydrogens is 341 g/mol. The predicted molar refractivity (Wildman–Crippen MR) is 71.6 cm³/mol. The smallest absolute Gasteiger partial charge is 0.279 e. The standard InChI is InChI=1S/C13H21N3O.HI/c1-4-16(3,5-2)10-13(17)15-12-8-6-7-11(14)9-12;/h6-9H,4-5,10,14H2,1-3H3;1H. The van der Waals surface area contributed by atoms with Crippen LogP contribution in [0.15, 0.2) is 24.3 Å². The predicted octanol–water partition coefficient (Wildman–Crippen LogP) is -1.30. The van der Waals surface area contributed by atoms with Crippen molar-refractivity contribution in [2.45, 2.75) is 13.8 Å². The highest BCUT2D eigenvalue weighted by molar-refractivity contribution is 5.92. The van der Waals surface area contributed by atoms with Gasteiger partial charge in [-0.1, -0.05) is 6.07 Å². The van der Waals surface area contributed by atoms with Crippen molar-refractivity contribution < 1.29 is 33.3 Å². The van der Waals surface area contributed by atoms with E-state index in [0.29, 0.717) is 12.2 Å². The van der Waals surface area contributed by atoms with Crippen molar-refractivity contribution in [1.82, 2.24) is 0 Å². The van der Waals surface area contributed by atoms with Crippen molar-refractivity contribution in [2.75, 3.05) is 37.7 Å². The van der Waals surface area contributed by atoms with Crippen LogP contribution in [0, 0.1) is 0 Å². The van der Waals surface area contributed by atoms with Gasteiger partial charge < -0.3 is 39.5 Å². The van der Waals surface area contributed by atoms with Crippen LogP contribution in [0.4, 0.5) is 11.4 Å².